The molecule has 0 saturated heterocycles. The van der Waals surface area contributed by atoms with E-state index in [4.69, 9.17) is 0 Å². The van der Waals surface area contributed by atoms with E-state index in [2.05, 4.69) is 35.5 Å². The van der Waals surface area contributed by atoms with Crippen LogP contribution in [-0.4, -0.2) is 14.8 Å². The molecule has 0 amide bonds. The lowest BCUT2D eigenvalue weighted by Gasteiger charge is -2.06. The van der Waals surface area contributed by atoms with Crippen LogP contribution in [0.25, 0.3) is 0 Å². The van der Waals surface area contributed by atoms with Crippen molar-refractivity contribution in [2.45, 2.75) is 40.2 Å². The number of aryl methyl sites for hydroxylation is 2. The lowest BCUT2D eigenvalue weighted by atomic mass is 10.1. The van der Waals surface area contributed by atoms with Gasteiger partial charge in [-0.05, 0) is 12.3 Å². The fourth-order valence-corrected chi connectivity index (χ4v) is 1.14. The van der Waals surface area contributed by atoms with E-state index in [0.717, 1.165) is 24.7 Å². The summed E-state index contributed by atoms with van der Waals surface area (Å²) in [6, 6.07) is 0. The lowest BCUT2D eigenvalue weighted by Crippen LogP contribution is -2.04. The Balaban J connectivity index is 2.50. The molecular weight excluding hydrogens is 150 g/mol. The summed E-state index contributed by atoms with van der Waals surface area (Å²) in [5, 5.41) is 7.91. The second kappa shape index (κ2) is 4.24. The van der Waals surface area contributed by atoms with Crippen LogP contribution in [0, 0.1) is 5.92 Å². The highest BCUT2D eigenvalue weighted by Crippen LogP contribution is 2.04. The lowest BCUT2D eigenvalue weighted by molar-refractivity contribution is 0.506. The summed E-state index contributed by atoms with van der Waals surface area (Å²) in [7, 11) is 0. The van der Waals surface area contributed by atoms with E-state index >= 15 is 0 Å². The van der Waals surface area contributed by atoms with Crippen LogP contribution < -0.4 is 0 Å². The highest BCUT2D eigenvalue weighted by molar-refractivity contribution is 4.84. The molecule has 0 N–H and O–H groups in total. The molecule has 0 unspecified atom stereocenters. The van der Waals surface area contributed by atoms with Crippen molar-refractivity contribution in [2.75, 3.05) is 0 Å². The molecule has 0 saturated carbocycles. The van der Waals surface area contributed by atoms with E-state index in [1.54, 1.807) is 0 Å². The average Bonchev–Trinajstić information content (AvgIpc) is 2.47. The molecule has 3 nitrogen and oxygen atoms in total. The van der Waals surface area contributed by atoms with Gasteiger partial charge in [0.05, 0.1) is 0 Å². The summed E-state index contributed by atoms with van der Waals surface area (Å²) >= 11 is 0. The Morgan fingerprint density at radius 1 is 1.50 bits per heavy atom. The maximum Gasteiger partial charge on any atom is 0.132 e. The first-order chi connectivity index (χ1) is 5.74. The van der Waals surface area contributed by atoms with Gasteiger partial charge >= 0.3 is 0 Å². The zero-order valence-electron chi connectivity index (χ0n) is 8.12. The third kappa shape index (κ3) is 2.32. The highest BCUT2D eigenvalue weighted by Gasteiger charge is 2.01. The van der Waals surface area contributed by atoms with Crippen LogP contribution in [0.5, 0.6) is 0 Å². The summed E-state index contributed by atoms with van der Waals surface area (Å²) in [6.45, 7) is 7.62. The maximum atomic E-state index is 4.03. The Bertz CT molecular complexity index is 227. The first-order valence-electron chi connectivity index (χ1n) is 4.60. The zero-order chi connectivity index (χ0) is 8.97. The minimum Gasteiger partial charge on any atom is -0.318 e. The van der Waals surface area contributed by atoms with E-state index in [1.807, 2.05) is 6.33 Å². The fraction of sp³-hybridized carbons (Fsp3) is 0.778. The van der Waals surface area contributed by atoms with Crippen molar-refractivity contribution in [1.82, 2.24) is 14.8 Å². The summed E-state index contributed by atoms with van der Waals surface area (Å²) in [5.41, 5.74) is 0. The molecule has 1 aromatic heterocycles. The minimum absolute atomic E-state index is 0.747. The molecule has 3 heteroatoms. The van der Waals surface area contributed by atoms with E-state index in [9.17, 15) is 0 Å². The van der Waals surface area contributed by atoms with Gasteiger partial charge in [0.1, 0.15) is 12.2 Å². The Labute approximate surface area is 73.8 Å². The average molecular weight is 167 g/mol. The molecule has 0 atom stereocenters. The predicted octanol–water partition coefficient (Wildman–Crippen LogP) is 1.89. The second-order valence-electron chi connectivity index (χ2n) is 3.48. The third-order valence-electron chi connectivity index (χ3n) is 1.96. The molecule has 1 heterocycles. The molecule has 1 aromatic rings. The van der Waals surface area contributed by atoms with E-state index in [0.29, 0.717) is 0 Å². The molecule has 0 fully saturated rings. The van der Waals surface area contributed by atoms with Crippen molar-refractivity contribution in [3.05, 3.63) is 12.2 Å². The van der Waals surface area contributed by atoms with Gasteiger partial charge in [0, 0.05) is 13.0 Å². The number of aromatic nitrogens is 3. The topological polar surface area (TPSA) is 30.7 Å². The van der Waals surface area contributed by atoms with E-state index in [1.165, 1.54) is 6.42 Å². The Morgan fingerprint density at radius 3 is 2.83 bits per heavy atom. The quantitative estimate of drug-likeness (QED) is 0.685. The maximum absolute atomic E-state index is 4.03. The highest BCUT2D eigenvalue weighted by atomic mass is 15.3. The van der Waals surface area contributed by atoms with Gasteiger partial charge < -0.3 is 4.57 Å². The molecule has 0 aliphatic heterocycles. The Morgan fingerprint density at radius 2 is 2.25 bits per heavy atom. The first-order valence-corrected chi connectivity index (χ1v) is 4.60. The smallest absolute Gasteiger partial charge is 0.132 e. The van der Waals surface area contributed by atoms with Crippen LogP contribution in [0.15, 0.2) is 6.33 Å². The Hall–Kier alpha value is -0.860. The predicted molar refractivity (Wildman–Crippen MR) is 48.9 cm³/mol. The van der Waals surface area contributed by atoms with Gasteiger partial charge in [-0.25, -0.2) is 0 Å². The molecule has 0 bridgehead atoms. The van der Waals surface area contributed by atoms with Gasteiger partial charge in [-0.1, -0.05) is 20.8 Å². The van der Waals surface area contributed by atoms with Crippen molar-refractivity contribution < 1.29 is 0 Å². The summed E-state index contributed by atoms with van der Waals surface area (Å²) < 4.78 is 2.14. The molecule has 1 rings (SSSR count). The van der Waals surface area contributed by atoms with Crippen molar-refractivity contribution >= 4 is 0 Å². The molecule has 0 radical (unpaired) electrons. The molecule has 0 aliphatic carbocycles. The third-order valence-corrected chi connectivity index (χ3v) is 1.96. The molecule has 68 valence electrons. The molecule has 0 spiro atoms. The van der Waals surface area contributed by atoms with Crippen LogP contribution in [0.3, 0.4) is 0 Å². The minimum atomic E-state index is 0.747. The fourth-order valence-electron chi connectivity index (χ4n) is 1.14. The summed E-state index contributed by atoms with van der Waals surface area (Å²) in [5.74, 6) is 1.84. The van der Waals surface area contributed by atoms with Gasteiger partial charge in [0.25, 0.3) is 0 Å². The normalized spacial score (nSPS) is 11.0. The molecule has 0 aromatic carbocycles. The number of hydrogen-bond acceptors (Lipinski definition) is 2. The number of nitrogens with zero attached hydrogens (tertiary/aromatic N) is 3. The van der Waals surface area contributed by atoms with Crippen LogP contribution in [0.2, 0.25) is 0 Å². The van der Waals surface area contributed by atoms with Gasteiger partial charge in [-0.15, -0.1) is 10.2 Å². The van der Waals surface area contributed by atoms with Crippen LogP contribution in [0.4, 0.5) is 0 Å². The van der Waals surface area contributed by atoms with Gasteiger partial charge in [0.2, 0.25) is 0 Å². The molecule has 0 aliphatic rings. The first kappa shape index (κ1) is 9.23. The van der Waals surface area contributed by atoms with Crippen LogP contribution >= 0.6 is 0 Å². The molecule has 12 heavy (non-hydrogen) atoms. The van der Waals surface area contributed by atoms with Crippen LogP contribution in [-0.2, 0) is 13.0 Å². The van der Waals surface area contributed by atoms with Crippen LogP contribution in [0.1, 0.15) is 33.0 Å². The summed E-state index contributed by atoms with van der Waals surface area (Å²) in [4.78, 5) is 0. The largest absolute Gasteiger partial charge is 0.318 e. The second-order valence-corrected chi connectivity index (χ2v) is 3.48. The van der Waals surface area contributed by atoms with Crippen molar-refractivity contribution in [1.29, 1.82) is 0 Å². The Kier molecular flexibility index (Phi) is 3.26. The zero-order valence-corrected chi connectivity index (χ0v) is 8.12. The van der Waals surface area contributed by atoms with Crippen molar-refractivity contribution in [3.63, 3.8) is 0 Å². The van der Waals surface area contributed by atoms with E-state index < -0.39 is 0 Å². The number of rotatable bonds is 4. The van der Waals surface area contributed by atoms with E-state index in [-0.39, 0.29) is 0 Å². The standard InChI is InChI=1S/C9H17N3/c1-4-9-11-10-7-12(9)6-5-8(2)3/h7-8H,4-6H2,1-3H3. The number of hydrogen-bond donors (Lipinski definition) is 0. The van der Waals surface area contributed by atoms with Gasteiger partial charge in [-0.2, -0.15) is 0 Å². The van der Waals surface area contributed by atoms with Crippen molar-refractivity contribution in [2.24, 2.45) is 5.92 Å². The van der Waals surface area contributed by atoms with Crippen molar-refractivity contribution in [3.8, 4) is 0 Å². The SMILES string of the molecule is CCc1nncn1CCC(C)C. The monoisotopic (exact) mass is 167 g/mol. The summed E-state index contributed by atoms with van der Waals surface area (Å²) in [6.07, 6.45) is 3.99. The van der Waals surface area contributed by atoms with Gasteiger partial charge in [-0.3, -0.25) is 0 Å². The molecular formula is C9H17N3. The van der Waals surface area contributed by atoms with Gasteiger partial charge in [0.15, 0.2) is 0 Å².